The van der Waals surface area contributed by atoms with Crippen molar-refractivity contribution in [1.82, 2.24) is 9.78 Å². The first-order valence-electron chi connectivity index (χ1n) is 8.77. The second-order valence-corrected chi connectivity index (χ2v) is 6.44. The second-order valence-electron chi connectivity index (χ2n) is 6.44. The van der Waals surface area contributed by atoms with E-state index in [0.29, 0.717) is 11.4 Å². The molecule has 2 aromatic carbocycles. The zero-order valence-corrected chi connectivity index (χ0v) is 16.0. The summed E-state index contributed by atoms with van der Waals surface area (Å²) >= 11 is 0. The first-order valence-corrected chi connectivity index (χ1v) is 8.77. The van der Waals surface area contributed by atoms with Gasteiger partial charge in [-0.15, -0.1) is 0 Å². The molecule has 0 saturated heterocycles. The molecule has 0 unspecified atom stereocenters. The molecular weight excluding hydrogens is 338 g/mol. The van der Waals surface area contributed by atoms with Crippen LogP contribution < -0.4 is 10.1 Å². The van der Waals surface area contributed by atoms with Gasteiger partial charge in [0.15, 0.2) is 5.75 Å². The van der Waals surface area contributed by atoms with Crippen LogP contribution in [0.25, 0.3) is 6.08 Å². The predicted octanol–water partition coefficient (Wildman–Crippen LogP) is 4.79. The highest BCUT2D eigenvalue weighted by atomic mass is 16.5. The number of ether oxygens (including phenoxy) is 1. The van der Waals surface area contributed by atoms with Crippen molar-refractivity contribution < 1.29 is 9.53 Å². The Hall–Kier alpha value is -3.34. The van der Waals surface area contributed by atoms with Crippen molar-refractivity contribution >= 4 is 17.7 Å². The normalized spacial score (nSPS) is 11.0. The number of anilines is 1. The molecule has 0 aliphatic carbocycles. The molecule has 0 saturated carbocycles. The van der Waals surface area contributed by atoms with Gasteiger partial charge in [-0.25, -0.2) is 0 Å². The summed E-state index contributed by atoms with van der Waals surface area (Å²) < 4.78 is 7.72. The summed E-state index contributed by atoms with van der Waals surface area (Å²) in [6.45, 7) is 5.92. The number of para-hydroxylation sites is 2. The van der Waals surface area contributed by atoms with Crippen LogP contribution in [0, 0.1) is 20.8 Å². The van der Waals surface area contributed by atoms with Gasteiger partial charge < -0.3 is 10.1 Å². The minimum atomic E-state index is -0.224. The average molecular weight is 361 g/mol. The van der Waals surface area contributed by atoms with Crippen LogP contribution in [-0.2, 0) is 11.8 Å². The Bertz CT molecular complexity index is 985. The van der Waals surface area contributed by atoms with E-state index in [-0.39, 0.29) is 5.91 Å². The monoisotopic (exact) mass is 361 g/mol. The van der Waals surface area contributed by atoms with Crippen LogP contribution in [-0.4, -0.2) is 15.7 Å². The number of aryl methyl sites for hydroxylation is 3. The lowest BCUT2D eigenvalue weighted by Crippen LogP contribution is -2.08. The smallest absolute Gasteiger partial charge is 0.248 e. The highest BCUT2D eigenvalue weighted by Gasteiger charge is 2.09. The quantitative estimate of drug-likeness (QED) is 0.665. The zero-order valence-electron chi connectivity index (χ0n) is 16.0. The van der Waals surface area contributed by atoms with Crippen LogP contribution in [0.3, 0.4) is 0 Å². The number of hydrogen-bond donors (Lipinski definition) is 1. The van der Waals surface area contributed by atoms with E-state index in [0.717, 1.165) is 28.3 Å². The van der Waals surface area contributed by atoms with Crippen molar-refractivity contribution in [3.05, 3.63) is 77.1 Å². The molecule has 0 aliphatic heterocycles. The van der Waals surface area contributed by atoms with Gasteiger partial charge in [-0.3, -0.25) is 9.48 Å². The highest BCUT2D eigenvalue weighted by molar-refractivity contribution is 6.02. The predicted molar refractivity (Wildman–Crippen MR) is 108 cm³/mol. The SMILES string of the molecule is Cc1ccc(Oc2ccccc2NC(=O)/C=C/c2c(C)nn(C)c2C)cc1. The number of amides is 1. The molecule has 1 amide bonds. The molecule has 0 atom stereocenters. The fourth-order valence-corrected chi connectivity index (χ4v) is 2.76. The van der Waals surface area contributed by atoms with E-state index in [1.54, 1.807) is 10.8 Å². The number of carbonyl (C=O) groups is 1. The number of nitrogens with zero attached hydrogens (tertiary/aromatic N) is 2. The lowest BCUT2D eigenvalue weighted by atomic mass is 10.2. The van der Waals surface area contributed by atoms with E-state index in [1.807, 2.05) is 76.3 Å². The molecule has 5 heteroatoms. The van der Waals surface area contributed by atoms with Crippen LogP contribution in [0.1, 0.15) is 22.5 Å². The molecule has 1 aromatic heterocycles. The zero-order chi connectivity index (χ0) is 19.4. The van der Waals surface area contributed by atoms with E-state index in [1.165, 1.54) is 6.08 Å². The van der Waals surface area contributed by atoms with Gasteiger partial charge in [0.1, 0.15) is 5.75 Å². The molecule has 0 radical (unpaired) electrons. The molecule has 0 fully saturated rings. The van der Waals surface area contributed by atoms with Gasteiger partial charge in [-0.05, 0) is 51.1 Å². The number of aromatic nitrogens is 2. The number of nitrogens with one attached hydrogen (secondary N) is 1. The standard InChI is InChI=1S/C22H23N3O2/c1-15-9-11-18(12-10-15)27-21-8-6-5-7-20(21)23-22(26)14-13-19-16(2)24-25(4)17(19)3/h5-14H,1-4H3,(H,23,26)/b14-13+. The summed E-state index contributed by atoms with van der Waals surface area (Å²) in [4.78, 5) is 12.4. The maximum atomic E-state index is 12.4. The Balaban J connectivity index is 1.74. The molecule has 5 nitrogen and oxygen atoms in total. The second kappa shape index (κ2) is 7.91. The molecule has 1 N–H and O–H groups in total. The van der Waals surface area contributed by atoms with Crippen LogP contribution in [0.4, 0.5) is 5.69 Å². The van der Waals surface area contributed by atoms with Gasteiger partial charge in [0.2, 0.25) is 5.91 Å². The van der Waals surface area contributed by atoms with Crippen LogP contribution >= 0.6 is 0 Å². The Kier molecular flexibility index (Phi) is 5.41. The minimum absolute atomic E-state index is 0.224. The topological polar surface area (TPSA) is 56.1 Å². The number of benzene rings is 2. The molecule has 1 heterocycles. The molecule has 0 bridgehead atoms. The summed E-state index contributed by atoms with van der Waals surface area (Å²) in [6.07, 6.45) is 3.30. The van der Waals surface area contributed by atoms with E-state index in [4.69, 9.17) is 4.74 Å². The van der Waals surface area contributed by atoms with Crippen molar-refractivity contribution in [1.29, 1.82) is 0 Å². The lowest BCUT2D eigenvalue weighted by molar-refractivity contribution is -0.111. The Morgan fingerprint density at radius 1 is 1.07 bits per heavy atom. The fourth-order valence-electron chi connectivity index (χ4n) is 2.76. The number of hydrogen-bond acceptors (Lipinski definition) is 3. The molecule has 0 spiro atoms. The van der Waals surface area contributed by atoms with Crippen molar-refractivity contribution in [2.24, 2.45) is 7.05 Å². The third-order valence-electron chi connectivity index (χ3n) is 4.36. The third-order valence-corrected chi connectivity index (χ3v) is 4.36. The summed E-state index contributed by atoms with van der Waals surface area (Å²) in [5.74, 6) is 1.09. The summed E-state index contributed by atoms with van der Waals surface area (Å²) in [7, 11) is 1.89. The lowest BCUT2D eigenvalue weighted by Gasteiger charge is -2.11. The fraction of sp³-hybridized carbons (Fsp3) is 0.182. The molecule has 0 aliphatic rings. The van der Waals surface area contributed by atoms with Crippen molar-refractivity contribution in [2.45, 2.75) is 20.8 Å². The molecule has 27 heavy (non-hydrogen) atoms. The van der Waals surface area contributed by atoms with Gasteiger partial charge >= 0.3 is 0 Å². The Labute approximate surface area is 159 Å². The van der Waals surface area contributed by atoms with Gasteiger partial charge in [0.25, 0.3) is 0 Å². The summed E-state index contributed by atoms with van der Waals surface area (Å²) in [5, 5.41) is 7.23. The maximum absolute atomic E-state index is 12.4. The van der Waals surface area contributed by atoms with Crippen LogP contribution in [0.5, 0.6) is 11.5 Å². The summed E-state index contributed by atoms with van der Waals surface area (Å²) in [6, 6.07) is 15.2. The van der Waals surface area contributed by atoms with Crippen molar-refractivity contribution in [3.63, 3.8) is 0 Å². The molecular formula is C22H23N3O2. The van der Waals surface area contributed by atoms with E-state index in [9.17, 15) is 4.79 Å². The van der Waals surface area contributed by atoms with Gasteiger partial charge in [0, 0.05) is 24.4 Å². The molecule has 3 aromatic rings. The Morgan fingerprint density at radius 3 is 2.44 bits per heavy atom. The van der Waals surface area contributed by atoms with Crippen molar-refractivity contribution in [2.75, 3.05) is 5.32 Å². The van der Waals surface area contributed by atoms with Gasteiger partial charge in [-0.2, -0.15) is 5.10 Å². The Morgan fingerprint density at radius 2 is 1.78 bits per heavy atom. The third kappa shape index (κ3) is 4.44. The van der Waals surface area contributed by atoms with Gasteiger partial charge in [-0.1, -0.05) is 29.8 Å². The molecule has 138 valence electrons. The van der Waals surface area contributed by atoms with Gasteiger partial charge in [0.05, 0.1) is 11.4 Å². The van der Waals surface area contributed by atoms with Crippen LogP contribution in [0.15, 0.2) is 54.6 Å². The number of rotatable bonds is 5. The first-order chi connectivity index (χ1) is 12.9. The van der Waals surface area contributed by atoms with Crippen molar-refractivity contribution in [3.8, 4) is 11.5 Å². The largest absolute Gasteiger partial charge is 0.455 e. The van der Waals surface area contributed by atoms with E-state index >= 15 is 0 Å². The van der Waals surface area contributed by atoms with E-state index in [2.05, 4.69) is 10.4 Å². The van der Waals surface area contributed by atoms with E-state index < -0.39 is 0 Å². The highest BCUT2D eigenvalue weighted by Crippen LogP contribution is 2.29. The maximum Gasteiger partial charge on any atom is 0.248 e. The summed E-state index contributed by atoms with van der Waals surface area (Å²) in [5.41, 5.74) is 4.64. The van der Waals surface area contributed by atoms with Crippen LogP contribution in [0.2, 0.25) is 0 Å². The molecule has 3 rings (SSSR count). The first kappa shape index (κ1) is 18.5. The minimum Gasteiger partial charge on any atom is -0.455 e. The average Bonchev–Trinajstić information content (AvgIpc) is 2.89. The number of carbonyl (C=O) groups excluding carboxylic acids is 1.